The Morgan fingerprint density at radius 2 is 1.80 bits per heavy atom. The van der Waals surface area contributed by atoms with Gasteiger partial charge in [0.25, 0.3) is 5.91 Å². The van der Waals surface area contributed by atoms with Gasteiger partial charge in [-0.1, -0.05) is 0 Å². The fourth-order valence-corrected chi connectivity index (χ4v) is 1.85. The van der Waals surface area contributed by atoms with Crippen LogP contribution in [-0.2, 0) is 4.79 Å². The molecule has 1 heterocycles. The smallest absolute Gasteiger partial charge is 0.406 e. The molecule has 3 amide bonds. The highest BCUT2D eigenvalue weighted by Crippen LogP contribution is 2.27. The van der Waals surface area contributed by atoms with E-state index in [0.717, 1.165) is 17.0 Å². The van der Waals surface area contributed by atoms with E-state index in [1.807, 2.05) is 0 Å². The quantitative estimate of drug-likeness (QED) is 0.802. The van der Waals surface area contributed by atoms with Crippen LogP contribution >= 0.6 is 0 Å². The second kappa shape index (κ2) is 5.03. The summed E-state index contributed by atoms with van der Waals surface area (Å²) in [7, 11) is 0. The summed E-state index contributed by atoms with van der Waals surface area (Å²) >= 11 is 0. The molecule has 20 heavy (non-hydrogen) atoms. The van der Waals surface area contributed by atoms with Crippen molar-refractivity contribution in [2.45, 2.75) is 13.3 Å². The number of amides is 3. The van der Waals surface area contributed by atoms with E-state index in [0.29, 0.717) is 6.54 Å². The SMILES string of the molecule is CCN1CC(=O)N(c2ccc(OC(F)(F)F)cc2)C1=O. The summed E-state index contributed by atoms with van der Waals surface area (Å²) < 4.78 is 39.8. The van der Waals surface area contributed by atoms with Crippen molar-refractivity contribution >= 4 is 17.6 Å². The summed E-state index contributed by atoms with van der Waals surface area (Å²) in [6.07, 6.45) is -4.78. The lowest BCUT2D eigenvalue weighted by atomic mass is 10.3. The average Bonchev–Trinajstić information content (AvgIpc) is 2.64. The number of rotatable bonds is 3. The molecular weight excluding hydrogens is 277 g/mol. The third kappa shape index (κ3) is 2.84. The van der Waals surface area contributed by atoms with Crippen molar-refractivity contribution in [3.8, 4) is 5.75 Å². The van der Waals surface area contributed by atoms with Crippen molar-refractivity contribution in [2.75, 3.05) is 18.0 Å². The number of urea groups is 1. The van der Waals surface area contributed by atoms with Gasteiger partial charge in [-0.25, -0.2) is 9.69 Å². The first-order valence-corrected chi connectivity index (χ1v) is 5.79. The number of hydrogen-bond donors (Lipinski definition) is 0. The minimum Gasteiger partial charge on any atom is -0.406 e. The minimum atomic E-state index is -4.78. The number of nitrogens with zero attached hydrogens (tertiary/aromatic N) is 2. The third-order valence-electron chi connectivity index (χ3n) is 2.75. The van der Waals surface area contributed by atoms with Gasteiger partial charge in [-0.3, -0.25) is 4.79 Å². The Kier molecular flexibility index (Phi) is 3.56. The van der Waals surface area contributed by atoms with E-state index in [1.165, 1.54) is 17.0 Å². The van der Waals surface area contributed by atoms with Gasteiger partial charge in [-0.05, 0) is 31.2 Å². The summed E-state index contributed by atoms with van der Waals surface area (Å²) in [5.74, 6) is -0.825. The number of ether oxygens (including phenoxy) is 1. The molecule has 8 heteroatoms. The van der Waals surface area contributed by atoms with Gasteiger partial charge >= 0.3 is 12.4 Å². The Morgan fingerprint density at radius 1 is 1.20 bits per heavy atom. The fourth-order valence-electron chi connectivity index (χ4n) is 1.85. The van der Waals surface area contributed by atoms with Gasteiger partial charge < -0.3 is 9.64 Å². The minimum absolute atomic E-state index is 0.0316. The van der Waals surface area contributed by atoms with Crippen LogP contribution in [0.4, 0.5) is 23.7 Å². The highest BCUT2D eigenvalue weighted by atomic mass is 19.4. The van der Waals surface area contributed by atoms with E-state index in [2.05, 4.69) is 4.74 Å². The second-order valence-corrected chi connectivity index (χ2v) is 4.07. The lowest BCUT2D eigenvalue weighted by Crippen LogP contribution is -2.32. The summed E-state index contributed by atoms with van der Waals surface area (Å²) in [6.45, 7) is 2.08. The molecule has 1 fully saturated rings. The van der Waals surface area contributed by atoms with Gasteiger partial charge in [0, 0.05) is 6.54 Å². The number of likely N-dealkylation sites (N-methyl/N-ethyl adjacent to an activating group) is 1. The van der Waals surface area contributed by atoms with Crippen molar-refractivity contribution in [1.29, 1.82) is 0 Å². The third-order valence-corrected chi connectivity index (χ3v) is 2.75. The Morgan fingerprint density at radius 3 is 2.25 bits per heavy atom. The van der Waals surface area contributed by atoms with Gasteiger partial charge in [0.2, 0.25) is 0 Å². The topological polar surface area (TPSA) is 49.9 Å². The van der Waals surface area contributed by atoms with E-state index >= 15 is 0 Å². The lowest BCUT2D eigenvalue weighted by molar-refractivity contribution is -0.274. The predicted molar refractivity (Wildman–Crippen MR) is 63.3 cm³/mol. The van der Waals surface area contributed by atoms with Crippen molar-refractivity contribution in [2.24, 2.45) is 0 Å². The van der Waals surface area contributed by atoms with Crippen molar-refractivity contribution in [3.05, 3.63) is 24.3 Å². The molecule has 1 aliphatic heterocycles. The highest BCUT2D eigenvalue weighted by Gasteiger charge is 2.36. The number of hydrogen-bond acceptors (Lipinski definition) is 3. The zero-order chi connectivity index (χ0) is 14.9. The predicted octanol–water partition coefficient (Wildman–Crippen LogP) is 2.37. The lowest BCUT2D eigenvalue weighted by Gasteiger charge is -2.16. The molecule has 5 nitrogen and oxygen atoms in total. The summed E-state index contributed by atoms with van der Waals surface area (Å²) in [4.78, 5) is 25.9. The highest BCUT2D eigenvalue weighted by molar-refractivity contribution is 6.19. The normalized spacial score (nSPS) is 16.0. The van der Waals surface area contributed by atoms with E-state index in [4.69, 9.17) is 0 Å². The molecule has 0 aliphatic carbocycles. The number of anilines is 1. The van der Waals surface area contributed by atoms with Gasteiger partial charge in [0.1, 0.15) is 12.3 Å². The second-order valence-electron chi connectivity index (χ2n) is 4.07. The van der Waals surface area contributed by atoms with Gasteiger partial charge in [-0.2, -0.15) is 0 Å². The van der Waals surface area contributed by atoms with Crippen LogP contribution in [0.25, 0.3) is 0 Å². The van der Waals surface area contributed by atoms with Crippen LogP contribution < -0.4 is 9.64 Å². The molecule has 0 aromatic heterocycles. The molecule has 0 saturated carbocycles. The molecule has 0 N–H and O–H groups in total. The molecule has 0 bridgehead atoms. The molecule has 108 valence electrons. The maximum absolute atomic E-state index is 12.0. The Bertz CT molecular complexity index is 528. The number of imide groups is 1. The molecule has 1 saturated heterocycles. The first-order valence-electron chi connectivity index (χ1n) is 5.79. The maximum Gasteiger partial charge on any atom is 0.573 e. The van der Waals surface area contributed by atoms with Crippen LogP contribution in [0.15, 0.2) is 24.3 Å². The first-order chi connectivity index (χ1) is 9.31. The zero-order valence-electron chi connectivity index (χ0n) is 10.5. The molecule has 0 radical (unpaired) electrons. The van der Waals surface area contributed by atoms with Gasteiger partial charge in [0.15, 0.2) is 0 Å². The number of benzene rings is 1. The fraction of sp³-hybridized carbons (Fsp3) is 0.333. The Balaban J connectivity index is 2.18. The molecule has 0 atom stereocenters. The van der Waals surface area contributed by atoms with Crippen LogP contribution in [0, 0.1) is 0 Å². The molecule has 1 aromatic carbocycles. The monoisotopic (exact) mass is 288 g/mol. The largest absolute Gasteiger partial charge is 0.573 e. The summed E-state index contributed by atoms with van der Waals surface area (Å²) in [6, 6.07) is 4.09. The maximum atomic E-state index is 12.0. The van der Waals surface area contributed by atoms with Gasteiger partial charge in [0.05, 0.1) is 5.69 Å². The van der Waals surface area contributed by atoms with E-state index in [9.17, 15) is 22.8 Å². The first kappa shape index (κ1) is 14.2. The van der Waals surface area contributed by atoms with E-state index < -0.39 is 24.1 Å². The molecule has 0 spiro atoms. The molecule has 0 unspecified atom stereocenters. The van der Waals surface area contributed by atoms with Crippen molar-refractivity contribution in [3.63, 3.8) is 0 Å². The van der Waals surface area contributed by atoms with Crippen molar-refractivity contribution in [1.82, 2.24) is 4.90 Å². The van der Waals surface area contributed by atoms with E-state index in [1.54, 1.807) is 6.92 Å². The standard InChI is InChI=1S/C12H11F3N2O3/c1-2-16-7-10(18)17(11(16)19)8-3-5-9(6-4-8)20-12(13,14)15/h3-6H,2,7H2,1H3. The molecule has 2 rings (SSSR count). The summed E-state index contributed by atoms with van der Waals surface area (Å²) in [5, 5.41) is 0. The van der Waals surface area contributed by atoms with E-state index in [-0.39, 0.29) is 12.2 Å². The summed E-state index contributed by atoms with van der Waals surface area (Å²) in [5.41, 5.74) is 0.213. The van der Waals surface area contributed by atoms with Crippen LogP contribution in [0.3, 0.4) is 0 Å². The van der Waals surface area contributed by atoms with Crippen LogP contribution in [0.1, 0.15) is 6.92 Å². The average molecular weight is 288 g/mol. The van der Waals surface area contributed by atoms with Crippen LogP contribution in [0.5, 0.6) is 5.75 Å². The van der Waals surface area contributed by atoms with Crippen LogP contribution in [-0.4, -0.2) is 36.3 Å². The number of carbonyl (C=O) groups is 2. The zero-order valence-corrected chi connectivity index (χ0v) is 10.5. The van der Waals surface area contributed by atoms with Crippen LogP contribution in [0.2, 0.25) is 0 Å². The number of carbonyl (C=O) groups excluding carboxylic acids is 2. The molecule has 1 aliphatic rings. The van der Waals surface area contributed by atoms with Gasteiger partial charge in [-0.15, -0.1) is 13.2 Å². The molecular formula is C12H11F3N2O3. The number of halogens is 3. The van der Waals surface area contributed by atoms with Crippen molar-refractivity contribution < 1.29 is 27.5 Å². The Hall–Kier alpha value is -2.25. The molecule has 1 aromatic rings. The Labute approximate surface area is 112 Å². The number of alkyl halides is 3.